The van der Waals surface area contributed by atoms with Crippen LogP contribution in [0.25, 0.3) is 11.8 Å². The van der Waals surface area contributed by atoms with E-state index in [1.54, 1.807) is 42.3 Å². The van der Waals surface area contributed by atoms with E-state index in [4.69, 9.17) is 39.5 Å². The number of nitrogens with zero attached hydrogens (tertiary/aromatic N) is 1. The average molecular weight is 457 g/mol. The second-order valence-electron chi connectivity index (χ2n) is 6.65. The summed E-state index contributed by atoms with van der Waals surface area (Å²) in [7, 11) is 1.62. The van der Waals surface area contributed by atoms with Crippen LogP contribution >= 0.6 is 34.8 Å². The molecule has 4 rings (SSSR count). The van der Waals surface area contributed by atoms with E-state index in [0.29, 0.717) is 26.3 Å². The largest absolute Gasteiger partial charge is 0.497 e. The smallest absolute Gasteiger partial charge is 0.262 e. The zero-order valence-corrected chi connectivity index (χ0v) is 18.2. The van der Waals surface area contributed by atoms with Crippen molar-refractivity contribution in [2.75, 3.05) is 12.0 Å². The van der Waals surface area contributed by atoms with E-state index in [2.05, 4.69) is 0 Å². The highest BCUT2D eigenvalue weighted by atomic mass is 35.5. The van der Waals surface area contributed by atoms with E-state index in [1.165, 1.54) is 0 Å². The lowest BCUT2D eigenvalue weighted by Gasteiger charge is -2.21. The van der Waals surface area contributed by atoms with Crippen LogP contribution in [0.2, 0.25) is 15.1 Å². The summed E-state index contributed by atoms with van der Waals surface area (Å²) in [5.41, 5.74) is 3.67. The van der Waals surface area contributed by atoms with Crippen molar-refractivity contribution in [1.82, 2.24) is 0 Å². The SMILES string of the molecule is COc1ccc(/C=C2/C=C(c3ccc(Cl)cc3)N(c3ccc(Cl)c(Cl)c3)C2=O)cc1. The summed E-state index contributed by atoms with van der Waals surface area (Å²) in [5, 5.41) is 1.43. The molecule has 6 heteroatoms. The van der Waals surface area contributed by atoms with Crippen molar-refractivity contribution in [2.24, 2.45) is 0 Å². The van der Waals surface area contributed by atoms with Gasteiger partial charge in [-0.25, -0.2) is 0 Å². The molecule has 1 aliphatic rings. The summed E-state index contributed by atoms with van der Waals surface area (Å²) in [6.07, 6.45) is 3.70. The van der Waals surface area contributed by atoms with Crippen molar-refractivity contribution in [3.8, 4) is 5.75 Å². The number of carbonyl (C=O) groups is 1. The Morgan fingerprint density at radius 3 is 2.20 bits per heavy atom. The topological polar surface area (TPSA) is 29.5 Å². The third kappa shape index (κ3) is 4.10. The van der Waals surface area contributed by atoms with Crippen LogP contribution in [0.5, 0.6) is 5.75 Å². The number of anilines is 1. The molecule has 30 heavy (non-hydrogen) atoms. The molecule has 0 aromatic heterocycles. The number of hydrogen-bond donors (Lipinski definition) is 0. The predicted molar refractivity (Wildman–Crippen MR) is 124 cm³/mol. The first kappa shape index (κ1) is 20.5. The zero-order valence-electron chi connectivity index (χ0n) is 15.9. The first-order valence-corrected chi connectivity index (χ1v) is 10.2. The van der Waals surface area contributed by atoms with Crippen LogP contribution in [0, 0.1) is 0 Å². The molecule has 0 saturated carbocycles. The Bertz CT molecular complexity index is 1170. The molecule has 1 aliphatic heterocycles. The molecular formula is C24H16Cl3NO2. The van der Waals surface area contributed by atoms with Crippen molar-refractivity contribution in [1.29, 1.82) is 0 Å². The van der Waals surface area contributed by atoms with Crippen LogP contribution in [-0.2, 0) is 4.79 Å². The Labute approximate surface area is 189 Å². The van der Waals surface area contributed by atoms with Crippen LogP contribution in [0.3, 0.4) is 0 Å². The van der Waals surface area contributed by atoms with Gasteiger partial charge in [-0.2, -0.15) is 0 Å². The minimum atomic E-state index is -0.158. The molecule has 0 bridgehead atoms. The molecule has 1 heterocycles. The lowest BCUT2D eigenvalue weighted by Crippen LogP contribution is -2.24. The maximum Gasteiger partial charge on any atom is 0.262 e. The quantitative estimate of drug-likeness (QED) is 0.391. The number of ether oxygens (including phenoxy) is 1. The molecule has 0 unspecified atom stereocenters. The molecule has 3 aromatic carbocycles. The summed E-state index contributed by atoms with van der Waals surface area (Å²) in [5.74, 6) is 0.596. The van der Waals surface area contributed by atoms with E-state index < -0.39 is 0 Å². The van der Waals surface area contributed by atoms with Crippen LogP contribution in [0.15, 0.2) is 78.4 Å². The normalized spacial score (nSPS) is 14.9. The van der Waals surface area contributed by atoms with Gasteiger partial charge in [-0.3, -0.25) is 9.69 Å². The standard InChI is InChI=1S/C24H16Cl3NO2/c1-30-20-9-2-15(3-10-20)12-17-13-23(16-4-6-18(25)7-5-16)28(24(17)29)19-8-11-21(26)22(27)14-19/h2-14H,1H3/b17-12-. The van der Waals surface area contributed by atoms with Crippen LogP contribution in [-0.4, -0.2) is 13.0 Å². The average Bonchev–Trinajstić information content (AvgIpc) is 3.07. The Morgan fingerprint density at radius 1 is 0.867 bits per heavy atom. The van der Waals surface area contributed by atoms with Gasteiger partial charge < -0.3 is 4.74 Å². The van der Waals surface area contributed by atoms with E-state index in [0.717, 1.165) is 22.6 Å². The fraction of sp³-hybridized carbons (Fsp3) is 0.0417. The van der Waals surface area contributed by atoms with Crippen LogP contribution in [0.4, 0.5) is 5.69 Å². The van der Waals surface area contributed by atoms with Crippen molar-refractivity contribution < 1.29 is 9.53 Å². The molecule has 3 nitrogen and oxygen atoms in total. The van der Waals surface area contributed by atoms with Crippen molar-refractivity contribution in [3.63, 3.8) is 0 Å². The fourth-order valence-corrected chi connectivity index (χ4v) is 3.63. The van der Waals surface area contributed by atoms with Gasteiger partial charge in [0.25, 0.3) is 5.91 Å². The summed E-state index contributed by atoms with van der Waals surface area (Å²) >= 11 is 18.3. The lowest BCUT2D eigenvalue weighted by atomic mass is 10.1. The monoisotopic (exact) mass is 455 g/mol. The number of amides is 1. The Morgan fingerprint density at radius 2 is 1.57 bits per heavy atom. The van der Waals surface area contributed by atoms with Gasteiger partial charge in [-0.05, 0) is 65.7 Å². The third-order valence-electron chi connectivity index (χ3n) is 4.72. The maximum atomic E-state index is 13.4. The number of benzene rings is 3. The molecule has 3 aromatic rings. The highest BCUT2D eigenvalue weighted by Gasteiger charge is 2.30. The van der Waals surface area contributed by atoms with Crippen LogP contribution in [0.1, 0.15) is 11.1 Å². The number of halogens is 3. The second kappa shape index (κ2) is 8.57. The molecule has 0 spiro atoms. The number of methoxy groups -OCH3 is 1. The van der Waals surface area contributed by atoms with Gasteiger partial charge in [-0.1, -0.05) is 59.1 Å². The number of carbonyl (C=O) groups excluding carboxylic acids is 1. The summed E-state index contributed by atoms with van der Waals surface area (Å²) in [4.78, 5) is 15.0. The van der Waals surface area contributed by atoms with E-state index in [9.17, 15) is 4.79 Å². The maximum absolute atomic E-state index is 13.4. The van der Waals surface area contributed by atoms with Gasteiger partial charge in [0.1, 0.15) is 5.75 Å². The van der Waals surface area contributed by atoms with Gasteiger partial charge in [0.15, 0.2) is 0 Å². The summed E-state index contributed by atoms with van der Waals surface area (Å²) in [6.45, 7) is 0. The molecule has 0 fully saturated rings. The molecule has 0 N–H and O–H groups in total. The molecule has 0 atom stereocenters. The van der Waals surface area contributed by atoms with Crippen molar-refractivity contribution in [3.05, 3.63) is 105 Å². The minimum absolute atomic E-state index is 0.158. The lowest BCUT2D eigenvalue weighted by molar-refractivity contribution is -0.113. The molecule has 0 saturated heterocycles. The van der Waals surface area contributed by atoms with Crippen LogP contribution < -0.4 is 9.64 Å². The predicted octanol–water partition coefficient (Wildman–Crippen LogP) is 7.13. The number of rotatable bonds is 4. The van der Waals surface area contributed by atoms with Gasteiger partial charge in [0, 0.05) is 10.6 Å². The van der Waals surface area contributed by atoms with Crippen molar-refractivity contribution >= 4 is 58.2 Å². The summed E-state index contributed by atoms with van der Waals surface area (Å²) in [6, 6.07) is 20.0. The number of hydrogen-bond acceptors (Lipinski definition) is 2. The Balaban J connectivity index is 1.80. The van der Waals surface area contributed by atoms with E-state index >= 15 is 0 Å². The molecule has 1 amide bonds. The van der Waals surface area contributed by atoms with E-state index in [-0.39, 0.29) is 5.91 Å². The Kier molecular flexibility index (Phi) is 5.87. The first-order valence-electron chi connectivity index (χ1n) is 9.09. The van der Waals surface area contributed by atoms with E-state index in [1.807, 2.05) is 48.6 Å². The second-order valence-corrected chi connectivity index (χ2v) is 7.90. The van der Waals surface area contributed by atoms with Gasteiger partial charge in [-0.15, -0.1) is 0 Å². The van der Waals surface area contributed by atoms with Gasteiger partial charge in [0.2, 0.25) is 0 Å². The minimum Gasteiger partial charge on any atom is -0.497 e. The molecular weight excluding hydrogens is 441 g/mol. The van der Waals surface area contributed by atoms with Crippen molar-refractivity contribution in [2.45, 2.75) is 0 Å². The molecule has 0 radical (unpaired) electrons. The first-order chi connectivity index (χ1) is 14.5. The highest BCUT2D eigenvalue weighted by molar-refractivity contribution is 6.42. The van der Waals surface area contributed by atoms with Gasteiger partial charge in [0.05, 0.1) is 28.5 Å². The third-order valence-corrected chi connectivity index (χ3v) is 5.71. The zero-order chi connectivity index (χ0) is 21.3. The van der Waals surface area contributed by atoms with Gasteiger partial charge >= 0.3 is 0 Å². The Hall–Kier alpha value is -2.72. The summed E-state index contributed by atoms with van der Waals surface area (Å²) < 4.78 is 5.20. The molecule has 150 valence electrons. The fourth-order valence-electron chi connectivity index (χ4n) is 3.21. The highest BCUT2D eigenvalue weighted by Crippen LogP contribution is 2.38. The molecule has 0 aliphatic carbocycles.